The van der Waals surface area contributed by atoms with Gasteiger partial charge in [-0.1, -0.05) is 30.6 Å². The Morgan fingerprint density at radius 3 is 2.71 bits per heavy atom. The van der Waals surface area contributed by atoms with E-state index >= 15 is 4.39 Å². The Morgan fingerprint density at radius 1 is 1.20 bits per heavy atom. The van der Waals surface area contributed by atoms with Gasteiger partial charge in [0, 0.05) is 36.8 Å². The molecule has 5 rings (SSSR count). The van der Waals surface area contributed by atoms with Crippen molar-refractivity contribution in [3.05, 3.63) is 52.6 Å². The molecule has 1 aromatic rings. The number of halogens is 1. The molecule has 184 valence electrons. The maximum absolute atomic E-state index is 15.5. The van der Waals surface area contributed by atoms with Gasteiger partial charge in [-0.05, 0) is 84.3 Å². The van der Waals surface area contributed by atoms with Crippen LogP contribution in [0.2, 0.25) is 0 Å². The van der Waals surface area contributed by atoms with Crippen molar-refractivity contribution < 1.29 is 19.1 Å². The molecule has 0 heterocycles. The predicted octanol–water partition coefficient (Wildman–Crippen LogP) is 5.08. The number of hydrogen-bond acceptors (Lipinski definition) is 4. The van der Waals surface area contributed by atoms with Crippen LogP contribution in [0.15, 0.2) is 47.1 Å². The van der Waals surface area contributed by atoms with Gasteiger partial charge in [0.1, 0.15) is 18.6 Å². The molecule has 3 N–H and O–H groups in total. The summed E-state index contributed by atoms with van der Waals surface area (Å²) in [4.78, 5) is 25.5. The molecular weight excluding hydrogens is 441 g/mol. The molecule has 1 aromatic carbocycles. The summed E-state index contributed by atoms with van der Waals surface area (Å²) in [5.41, 5.74) is 10.6. The standard InChI is InChI=1S/C30H34FNO3/c1-30-17-24(18-6-8-19(32)9-7-18)29-21-11-10-20(34)15-22(21)27(31)16-23(29)25(30)12-13-26(30)28(35)5-3-2-4-14-33/h6-9,15,23-27,33H,3,5,10-14,16-17,32H2,1H3/t23-,24+,25-,26+,27?,30-/m0/s1. The van der Waals surface area contributed by atoms with Crippen molar-refractivity contribution in [2.75, 3.05) is 12.3 Å². The molecule has 2 fully saturated rings. The number of nitrogen functional groups attached to an aromatic ring is 1. The zero-order valence-corrected chi connectivity index (χ0v) is 20.4. The van der Waals surface area contributed by atoms with Crippen molar-refractivity contribution in [3.63, 3.8) is 0 Å². The third kappa shape index (κ3) is 4.16. The third-order valence-electron chi connectivity index (χ3n) is 9.18. The fraction of sp³-hybridized carbons (Fsp3) is 0.533. The highest BCUT2D eigenvalue weighted by atomic mass is 19.1. The normalized spacial score (nSPS) is 33.7. The van der Waals surface area contributed by atoms with Crippen molar-refractivity contribution >= 4 is 17.3 Å². The first-order chi connectivity index (χ1) is 16.8. The number of nitrogens with two attached hydrogens (primary N) is 1. The van der Waals surface area contributed by atoms with Gasteiger partial charge in [0.25, 0.3) is 0 Å². The van der Waals surface area contributed by atoms with Gasteiger partial charge < -0.3 is 10.8 Å². The number of ketones is 2. The van der Waals surface area contributed by atoms with E-state index in [1.807, 2.05) is 12.1 Å². The van der Waals surface area contributed by atoms with Crippen LogP contribution in [0.5, 0.6) is 0 Å². The molecule has 0 spiro atoms. The van der Waals surface area contributed by atoms with E-state index in [0.29, 0.717) is 43.4 Å². The number of benzene rings is 1. The third-order valence-corrected chi connectivity index (χ3v) is 9.18. The molecular formula is C30H34FNO3. The fourth-order valence-electron chi connectivity index (χ4n) is 7.69. The number of allylic oxidation sites excluding steroid dienone is 4. The first-order valence-corrected chi connectivity index (χ1v) is 12.9. The lowest BCUT2D eigenvalue weighted by Gasteiger charge is -2.53. The number of fused-ring (bicyclic) bond motifs is 4. The van der Waals surface area contributed by atoms with E-state index < -0.39 is 6.17 Å². The number of rotatable bonds is 4. The van der Waals surface area contributed by atoms with Crippen LogP contribution in [-0.2, 0) is 9.59 Å². The van der Waals surface area contributed by atoms with E-state index in [1.165, 1.54) is 5.57 Å². The average molecular weight is 476 g/mol. The lowest BCUT2D eigenvalue weighted by atomic mass is 9.51. The summed E-state index contributed by atoms with van der Waals surface area (Å²) in [6, 6.07) is 7.99. The first-order valence-electron chi connectivity index (χ1n) is 12.9. The molecule has 35 heavy (non-hydrogen) atoms. The summed E-state index contributed by atoms with van der Waals surface area (Å²) < 4.78 is 15.5. The van der Waals surface area contributed by atoms with Crippen LogP contribution >= 0.6 is 0 Å². The second-order valence-electron chi connectivity index (χ2n) is 11.0. The van der Waals surface area contributed by atoms with Crippen LogP contribution in [0.3, 0.4) is 0 Å². The molecule has 1 unspecified atom stereocenters. The monoisotopic (exact) mass is 475 g/mol. The quantitative estimate of drug-likeness (QED) is 0.470. The number of alkyl halides is 1. The zero-order chi connectivity index (χ0) is 24.7. The molecule has 4 aliphatic carbocycles. The summed E-state index contributed by atoms with van der Waals surface area (Å²) in [5.74, 6) is 6.13. The molecule has 0 saturated heterocycles. The molecule has 4 aliphatic rings. The smallest absolute Gasteiger partial charge is 0.156 e. The minimum absolute atomic E-state index is 0.0194. The Labute approximate surface area is 206 Å². The lowest BCUT2D eigenvalue weighted by Crippen LogP contribution is -2.46. The fourth-order valence-corrected chi connectivity index (χ4v) is 7.69. The molecule has 4 nitrogen and oxygen atoms in total. The van der Waals surface area contributed by atoms with Crippen molar-refractivity contribution in [1.29, 1.82) is 0 Å². The lowest BCUT2D eigenvalue weighted by molar-refractivity contribution is -0.127. The Hall–Kier alpha value is -2.71. The van der Waals surface area contributed by atoms with Crippen LogP contribution in [0.25, 0.3) is 0 Å². The van der Waals surface area contributed by atoms with Crippen molar-refractivity contribution in [1.82, 2.24) is 0 Å². The number of aliphatic hydroxyl groups excluding tert-OH is 1. The topological polar surface area (TPSA) is 80.4 Å². The number of hydrogen-bond donors (Lipinski definition) is 2. The maximum atomic E-state index is 15.5. The minimum atomic E-state index is -1.12. The van der Waals surface area contributed by atoms with Gasteiger partial charge in [-0.3, -0.25) is 9.59 Å². The predicted molar refractivity (Wildman–Crippen MR) is 134 cm³/mol. The minimum Gasteiger partial charge on any atom is -0.399 e. The highest BCUT2D eigenvalue weighted by molar-refractivity contribution is 5.93. The van der Waals surface area contributed by atoms with Gasteiger partial charge in [-0.25, -0.2) is 4.39 Å². The highest BCUT2D eigenvalue weighted by Crippen LogP contribution is 2.66. The molecule has 0 radical (unpaired) electrons. The molecule has 6 atom stereocenters. The van der Waals surface area contributed by atoms with Crippen LogP contribution in [0, 0.1) is 35.0 Å². The van der Waals surface area contributed by atoms with Crippen molar-refractivity contribution in [2.24, 2.45) is 23.2 Å². The zero-order valence-electron chi connectivity index (χ0n) is 20.4. The van der Waals surface area contributed by atoms with Crippen molar-refractivity contribution in [2.45, 2.75) is 70.4 Å². The van der Waals surface area contributed by atoms with E-state index in [2.05, 4.69) is 30.9 Å². The SMILES string of the molecule is C[C@]12C[C@H](c3ccc(N)cc3)C3=C4CCC(=O)C=C4C(F)C[C@H]3[C@@H]1CC[C@@H]2C(=O)CCC#CCO. The van der Waals surface area contributed by atoms with Gasteiger partial charge in [-0.2, -0.15) is 0 Å². The number of carbonyl (C=O) groups excluding carboxylic acids is 2. The summed E-state index contributed by atoms with van der Waals surface area (Å²) in [7, 11) is 0. The van der Waals surface area contributed by atoms with E-state index in [4.69, 9.17) is 10.8 Å². The average Bonchev–Trinajstić information content (AvgIpc) is 3.19. The summed E-state index contributed by atoms with van der Waals surface area (Å²) in [6.45, 7) is 2.06. The number of anilines is 1. The Bertz CT molecular complexity index is 1150. The van der Waals surface area contributed by atoms with Gasteiger partial charge in [0.2, 0.25) is 0 Å². The number of carbonyl (C=O) groups is 2. The largest absolute Gasteiger partial charge is 0.399 e. The first kappa shape index (κ1) is 24.0. The molecule has 5 heteroatoms. The van der Waals surface area contributed by atoms with Crippen LogP contribution < -0.4 is 5.73 Å². The van der Waals surface area contributed by atoms with E-state index in [9.17, 15) is 9.59 Å². The van der Waals surface area contributed by atoms with Gasteiger partial charge in [0.05, 0.1) is 0 Å². The Kier molecular flexibility index (Phi) is 6.44. The Morgan fingerprint density at radius 2 is 1.97 bits per heavy atom. The van der Waals surface area contributed by atoms with E-state index in [1.54, 1.807) is 6.08 Å². The summed E-state index contributed by atoms with van der Waals surface area (Å²) >= 11 is 0. The van der Waals surface area contributed by atoms with Gasteiger partial charge in [-0.15, -0.1) is 5.92 Å². The maximum Gasteiger partial charge on any atom is 0.156 e. The highest BCUT2D eigenvalue weighted by Gasteiger charge is 2.58. The second kappa shape index (κ2) is 9.39. The van der Waals surface area contributed by atoms with Gasteiger partial charge in [0.15, 0.2) is 5.78 Å². The van der Waals surface area contributed by atoms with Gasteiger partial charge >= 0.3 is 0 Å². The molecule has 0 amide bonds. The molecule has 2 saturated carbocycles. The van der Waals surface area contributed by atoms with Crippen LogP contribution in [0.4, 0.5) is 10.1 Å². The van der Waals surface area contributed by atoms with Crippen molar-refractivity contribution in [3.8, 4) is 11.8 Å². The second-order valence-corrected chi connectivity index (χ2v) is 11.0. The molecule has 0 aromatic heterocycles. The summed E-state index contributed by atoms with van der Waals surface area (Å²) in [5, 5.41) is 8.90. The number of Topliss-reactive ketones (excluding diaryl/α,β-unsaturated/α-hetero) is 1. The Balaban J connectivity index is 1.57. The summed E-state index contributed by atoms with van der Waals surface area (Å²) in [6.07, 6.45) is 5.33. The van der Waals surface area contributed by atoms with Crippen LogP contribution in [-0.4, -0.2) is 29.5 Å². The van der Waals surface area contributed by atoms with E-state index in [-0.39, 0.29) is 47.3 Å². The molecule has 0 bridgehead atoms. The molecule has 0 aliphatic heterocycles. The van der Waals surface area contributed by atoms with Crippen LogP contribution in [0.1, 0.15) is 69.8 Å². The van der Waals surface area contributed by atoms with E-state index in [0.717, 1.165) is 30.4 Å². The number of aliphatic hydroxyl groups is 1.